The molecule has 1 N–H and O–H groups in total. The highest BCUT2D eigenvalue weighted by molar-refractivity contribution is 5.92. The second-order valence-corrected chi connectivity index (χ2v) is 11.3. The Morgan fingerprint density at radius 1 is 1.00 bits per heavy atom. The largest absolute Gasteiger partial charge is 0.497 e. The minimum atomic E-state index is -0.886. The van der Waals surface area contributed by atoms with Crippen molar-refractivity contribution in [3.8, 4) is 11.8 Å². The third-order valence-corrected chi connectivity index (χ3v) is 8.52. The van der Waals surface area contributed by atoms with Crippen LogP contribution in [0.15, 0.2) is 91.0 Å². The quantitative estimate of drug-likeness (QED) is 0.283. The maximum atomic E-state index is 14.2. The van der Waals surface area contributed by atoms with Crippen LogP contribution in [0, 0.1) is 17.1 Å². The van der Waals surface area contributed by atoms with Crippen molar-refractivity contribution in [3.05, 3.63) is 114 Å². The minimum Gasteiger partial charge on any atom is -0.497 e. The zero-order chi connectivity index (χ0) is 32.2. The molecule has 0 radical (unpaired) electrons. The van der Waals surface area contributed by atoms with Gasteiger partial charge in [-0.3, -0.25) is 9.59 Å². The Labute approximate surface area is 266 Å². The van der Waals surface area contributed by atoms with E-state index >= 15 is 0 Å². The Morgan fingerprint density at radius 2 is 1.72 bits per heavy atom. The number of ether oxygens (including phenoxy) is 1. The van der Waals surface area contributed by atoms with E-state index in [0.29, 0.717) is 11.3 Å². The lowest BCUT2D eigenvalue weighted by atomic mass is 9.99. The van der Waals surface area contributed by atoms with Crippen molar-refractivity contribution >= 4 is 28.6 Å². The summed E-state index contributed by atoms with van der Waals surface area (Å²) in [7, 11) is 1.57. The number of rotatable bonds is 9. The number of hydrogen-bond donors (Lipinski definition) is 1. The standard InChI is InChI=1S/C35H33FN6O4/c1-46-29-15-11-25(12-16-29)20-38-35(45)40(18-17-37)41-23-33(43)42-31(19-24-9-13-28(36)14-10-24)34(44)39(22-32(41)42)21-27-7-4-6-26-5-2-3-8-30(26)27/h2-16,31-32H,18-23H2,1H3,(H,38,45)/t31-,32+/m0/s1. The third-order valence-electron chi connectivity index (χ3n) is 8.52. The number of piperazine rings is 1. The SMILES string of the molecule is COc1ccc(CNC(=O)N(CC#N)N2CC(=O)N3[C@@H](Cc4ccc(F)cc4)C(=O)N(Cc4cccc5ccccc45)C[C@@H]32)cc1. The Bertz CT molecular complexity index is 1790. The van der Waals surface area contributed by atoms with E-state index < -0.39 is 24.1 Å². The van der Waals surface area contributed by atoms with Gasteiger partial charge in [0.15, 0.2) is 0 Å². The Hall–Kier alpha value is -5.47. The van der Waals surface area contributed by atoms with Crippen LogP contribution in [0.2, 0.25) is 0 Å². The predicted molar refractivity (Wildman–Crippen MR) is 168 cm³/mol. The number of hydrogen-bond acceptors (Lipinski definition) is 6. The van der Waals surface area contributed by atoms with Crippen LogP contribution in [0.25, 0.3) is 10.8 Å². The molecule has 0 unspecified atom stereocenters. The molecule has 2 aliphatic heterocycles. The fourth-order valence-electron chi connectivity index (χ4n) is 6.23. The van der Waals surface area contributed by atoms with Crippen LogP contribution in [0.4, 0.5) is 9.18 Å². The van der Waals surface area contributed by atoms with Crippen molar-refractivity contribution in [3.63, 3.8) is 0 Å². The van der Waals surface area contributed by atoms with E-state index in [1.165, 1.54) is 22.0 Å². The molecular weight excluding hydrogens is 587 g/mol. The van der Waals surface area contributed by atoms with Crippen LogP contribution in [0.5, 0.6) is 5.75 Å². The van der Waals surface area contributed by atoms with Crippen molar-refractivity contribution < 1.29 is 23.5 Å². The number of nitriles is 1. The molecule has 0 aliphatic carbocycles. The lowest BCUT2D eigenvalue weighted by Gasteiger charge is -2.46. The molecular formula is C35H33FN6O4. The molecule has 2 fully saturated rings. The van der Waals surface area contributed by atoms with E-state index in [1.54, 1.807) is 41.3 Å². The van der Waals surface area contributed by atoms with Crippen molar-refractivity contribution in [1.82, 2.24) is 25.1 Å². The van der Waals surface area contributed by atoms with E-state index in [2.05, 4.69) is 5.32 Å². The lowest BCUT2D eigenvalue weighted by Crippen LogP contribution is -2.66. The van der Waals surface area contributed by atoms with Gasteiger partial charge in [-0.25, -0.2) is 14.2 Å². The highest BCUT2D eigenvalue weighted by Gasteiger charge is 2.52. The van der Waals surface area contributed by atoms with Crippen LogP contribution in [-0.4, -0.2) is 76.6 Å². The van der Waals surface area contributed by atoms with Gasteiger partial charge in [0.1, 0.15) is 30.3 Å². The molecule has 4 aromatic carbocycles. The molecule has 0 spiro atoms. The first-order chi connectivity index (χ1) is 22.4. The van der Waals surface area contributed by atoms with Crippen molar-refractivity contribution in [2.75, 3.05) is 26.7 Å². The summed E-state index contributed by atoms with van der Waals surface area (Å²) in [6.45, 7) is 0.124. The molecule has 2 atom stereocenters. The van der Waals surface area contributed by atoms with Gasteiger partial charge in [0.05, 0.1) is 26.3 Å². The van der Waals surface area contributed by atoms with E-state index in [1.807, 2.05) is 60.7 Å². The van der Waals surface area contributed by atoms with Crippen LogP contribution in [0.3, 0.4) is 0 Å². The Balaban J connectivity index is 1.30. The summed E-state index contributed by atoms with van der Waals surface area (Å²) in [6.07, 6.45) is -0.533. The molecule has 2 heterocycles. The molecule has 11 heteroatoms. The van der Waals surface area contributed by atoms with E-state index in [-0.39, 0.29) is 51.0 Å². The topological polar surface area (TPSA) is 109 Å². The number of methoxy groups -OCH3 is 1. The molecule has 2 saturated heterocycles. The van der Waals surface area contributed by atoms with Gasteiger partial charge in [-0.1, -0.05) is 66.7 Å². The molecule has 10 nitrogen and oxygen atoms in total. The van der Waals surface area contributed by atoms with Gasteiger partial charge in [-0.05, 0) is 51.7 Å². The summed E-state index contributed by atoms with van der Waals surface area (Å²) in [6, 6.07) is 27.6. The highest BCUT2D eigenvalue weighted by atomic mass is 19.1. The zero-order valence-electron chi connectivity index (χ0n) is 25.3. The first-order valence-electron chi connectivity index (χ1n) is 15.0. The average molecular weight is 621 g/mol. The number of nitrogens with one attached hydrogen (secondary N) is 1. The molecule has 4 aromatic rings. The van der Waals surface area contributed by atoms with Gasteiger partial charge in [0, 0.05) is 19.5 Å². The summed E-state index contributed by atoms with van der Waals surface area (Å²) in [5, 5.41) is 17.4. The Morgan fingerprint density at radius 3 is 2.46 bits per heavy atom. The number of carbonyl (C=O) groups excluding carboxylic acids is 3. The first kappa shape index (κ1) is 30.6. The Kier molecular flexibility index (Phi) is 8.81. The smallest absolute Gasteiger partial charge is 0.333 e. The van der Waals surface area contributed by atoms with Gasteiger partial charge in [-0.2, -0.15) is 10.3 Å². The van der Waals surface area contributed by atoms with Crippen LogP contribution in [0.1, 0.15) is 16.7 Å². The van der Waals surface area contributed by atoms with Crippen molar-refractivity contribution in [2.24, 2.45) is 0 Å². The molecule has 46 heavy (non-hydrogen) atoms. The van der Waals surface area contributed by atoms with E-state index in [0.717, 1.165) is 21.9 Å². The monoisotopic (exact) mass is 620 g/mol. The van der Waals surface area contributed by atoms with Crippen LogP contribution < -0.4 is 10.1 Å². The third kappa shape index (κ3) is 6.20. The molecule has 4 amide bonds. The number of fused-ring (bicyclic) bond motifs is 2. The summed E-state index contributed by atoms with van der Waals surface area (Å²) >= 11 is 0. The van der Waals surface area contributed by atoms with Gasteiger partial charge in [0.2, 0.25) is 11.8 Å². The second kappa shape index (κ2) is 13.3. The fraction of sp³-hybridized carbons (Fsp3) is 0.257. The maximum Gasteiger partial charge on any atom is 0.333 e. The fourth-order valence-corrected chi connectivity index (χ4v) is 6.23. The average Bonchev–Trinajstić information content (AvgIpc) is 3.40. The van der Waals surface area contributed by atoms with Crippen molar-refractivity contribution in [2.45, 2.75) is 31.7 Å². The van der Waals surface area contributed by atoms with Gasteiger partial charge >= 0.3 is 6.03 Å². The number of nitrogens with zero attached hydrogens (tertiary/aromatic N) is 5. The summed E-state index contributed by atoms with van der Waals surface area (Å²) < 4.78 is 18.9. The number of halogens is 1. The summed E-state index contributed by atoms with van der Waals surface area (Å²) in [5.74, 6) is -0.280. The van der Waals surface area contributed by atoms with Crippen LogP contribution in [-0.2, 0) is 29.1 Å². The van der Waals surface area contributed by atoms with Gasteiger partial charge in [0.25, 0.3) is 0 Å². The summed E-state index contributed by atoms with van der Waals surface area (Å²) in [4.78, 5) is 44.6. The normalized spacial score (nSPS) is 17.9. The maximum absolute atomic E-state index is 14.2. The molecule has 0 saturated carbocycles. The summed E-state index contributed by atoms with van der Waals surface area (Å²) in [5.41, 5.74) is 2.47. The first-order valence-corrected chi connectivity index (χ1v) is 15.0. The second-order valence-electron chi connectivity index (χ2n) is 11.3. The van der Waals surface area contributed by atoms with Crippen molar-refractivity contribution in [1.29, 1.82) is 5.26 Å². The predicted octanol–water partition coefficient (Wildman–Crippen LogP) is 4.06. The van der Waals surface area contributed by atoms with E-state index in [9.17, 15) is 24.0 Å². The minimum absolute atomic E-state index is 0.126. The number of carbonyl (C=O) groups is 3. The molecule has 0 aromatic heterocycles. The zero-order valence-corrected chi connectivity index (χ0v) is 25.3. The molecule has 2 aliphatic rings. The number of benzene rings is 4. The van der Waals surface area contributed by atoms with E-state index in [4.69, 9.17) is 4.74 Å². The molecule has 0 bridgehead atoms. The van der Waals surface area contributed by atoms with Gasteiger partial charge < -0.3 is 19.9 Å². The highest BCUT2D eigenvalue weighted by Crippen LogP contribution is 2.31. The molecule has 234 valence electrons. The number of urea groups is 1. The van der Waals surface area contributed by atoms with Gasteiger partial charge in [-0.15, -0.1) is 0 Å². The van der Waals surface area contributed by atoms with Crippen LogP contribution >= 0.6 is 0 Å². The molecule has 6 rings (SSSR count). The number of hydrazine groups is 1. The number of amides is 4. The lowest BCUT2D eigenvalue weighted by molar-refractivity contribution is -0.157.